The summed E-state index contributed by atoms with van der Waals surface area (Å²) in [7, 11) is 0. The van der Waals surface area contributed by atoms with Crippen molar-refractivity contribution >= 4 is 5.97 Å². The van der Waals surface area contributed by atoms with Crippen molar-refractivity contribution in [1.82, 2.24) is 9.55 Å². The number of ether oxygens (including phenoxy) is 1. The van der Waals surface area contributed by atoms with E-state index in [0.717, 1.165) is 5.56 Å². The first-order valence-electron chi connectivity index (χ1n) is 6.52. The monoisotopic (exact) mass is 274 g/mol. The van der Waals surface area contributed by atoms with E-state index in [1.807, 2.05) is 37.3 Å². The Bertz CT molecular complexity index is 566. The summed E-state index contributed by atoms with van der Waals surface area (Å²) < 4.78 is 6.89. The van der Waals surface area contributed by atoms with Gasteiger partial charge in [-0.15, -0.1) is 0 Å². The van der Waals surface area contributed by atoms with Gasteiger partial charge < -0.3 is 14.4 Å². The van der Waals surface area contributed by atoms with Crippen molar-refractivity contribution in [2.45, 2.75) is 26.0 Å². The Labute approximate surface area is 117 Å². The molecule has 5 heteroatoms. The highest BCUT2D eigenvalue weighted by Gasteiger charge is 2.19. The highest BCUT2D eigenvalue weighted by molar-refractivity contribution is 5.87. The third-order valence-electron chi connectivity index (χ3n) is 3.14. The van der Waals surface area contributed by atoms with Gasteiger partial charge in [-0.25, -0.2) is 9.78 Å². The Morgan fingerprint density at radius 2 is 2.05 bits per heavy atom. The van der Waals surface area contributed by atoms with E-state index in [-0.39, 0.29) is 12.6 Å². The lowest BCUT2D eigenvalue weighted by molar-refractivity contribution is 0.0184. The van der Waals surface area contributed by atoms with E-state index in [1.54, 1.807) is 17.8 Å². The van der Waals surface area contributed by atoms with E-state index in [1.165, 1.54) is 6.20 Å². The number of esters is 1. The van der Waals surface area contributed by atoms with Gasteiger partial charge in [-0.3, -0.25) is 0 Å². The van der Waals surface area contributed by atoms with Crippen LogP contribution >= 0.6 is 0 Å². The van der Waals surface area contributed by atoms with E-state index < -0.39 is 12.1 Å². The number of aliphatic hydroxyl groups excluding tert-OH is 1. The molecule has 1 N–H and O–H groups in total. The molecule has 1 aromatic heterocycles. The number of carbonyl (C=O) groups is 1. The summed E-state index contributed by atoms with van der Waals surface area (Å²) in [6, 6.07) is 9.82. The zero-order valence-electron chi connectivity index (χ0n) is 11.6. The van der Waals surface area contributed by atoms with Crippen molar-refractivity contribution in [3.8, 4) is 0 Å². The maximum atomic E-state index is 12.0. The van der Waals surface area contributed by atoms with Crippen LogP contribution in [0.3, 0.4) is 0 Å². The zero-order chi connectivity index (χ0) is 14.5. The second kappa shape index (κ2) is 6.34. The molecule has 2 rings (SSSR count). The number of carbonyl (C=O) groups excluding carboxylic acids is 1. The van der Waals surface area contributed by atoms with Crippen LogP contribution in [-0.2, 0) is 4.74 Å². The molecule has 0 fully saturated rings. The predicted octanol–water partition coefficient (Wildman–Crippen LogP) is 2.03. The molecule has 0 aliphatic carbocycles. The van der Waals surface area contributed by atoms with Crippen LogP contribution in [0.2, 0.25) is 0 Å². The van der Waals surface area contributed by atoms with Crippen LogP contribution in [0.5, 0.6) is 0 Å². The maximum absolute atomic E-state index is 12.0. The molecule has 2 unspecified atom stereocenters. The maximum Gasteiger partial charge on any atom is 0.356 e. The highest BCUT2D eigenvalue weighted by atomic mass is 16.6. The van der Waals surface area contributed by atoms with E-state index in [9.17, 15) is 4.79 Å². The number of hydrogen-bond acceptors (Lipinski definition) is 4. The lowest BCUT2D eigenvalue weighted by atomic mass is 10.1. The first-order valence-corrected chi connectivity index (χ1v) is 6.52. The normalized spacial score (nSPS) is 13.8. The number of rotatable bonds is 5. The molecule has 2 atom stereocenters. The Kier molecular flexibility index (Phi) is 4.53. The van der Waals surface area contributed by atoms with Gasteiger partial charge in [0, 0.05) is 0 Å². The minimum Gasteiger partial charge on any atom is -0.456 e. The molecular weight excluding hydrogens is 256 g/mol. The summed E-state index contributed by atoms with van der Waals surface area (Å²) in [5.74, 6) is -0.480. The first kappa shape index (κ1) is 14.3. The Balaban J connectivity index is 2.22. The van der Waals surface area contributed by atoms with Crippen molar-refractivity contribution in [3.63, 3.8) is 0 Å². The Hall–Kier alpha value is -2.14. The van der Waals surface area contributed by atoms with Gasteiger partial charge in [0.2, 0.25) is 0 Å². The second-order valence-electron chi connectivity index (χ2n) is 4.67. The molecule has 0 spiro atoms. The summed E-state index contributed by atoms with van der Waals surface area (Å²) in [4.78, 5) is 16.1. The molecule has 0 saturated carbocycles. The second-order valence-corrected chi connectivity index (χ2v) is 4.67. The average Bonchev–Trinajstić information content (AvgIpc) is 2.96. The van der Waals surface area contributed by atoms with Crippen molar-refractivity contribution in [2.75, 3.05) is 6.61 Å². The molecule has 5 nitrogen and oxygen atoms in total. The topological polar surface area (TPSA) is 64.3 Å². The van der Waals surface area contributed by atoms with Gasteiger partial charge in [0.1, 0.15) is 11.8 Å². The summed E-state index contributed by atoms with van der Waals surface area (Å²) in [5, 5.41) is 8.94. The van der Waals surface area contributed by atoms with Gasteiger partial charge in [-0.2, -0.15) is 0 Å². The molecule has 0 radical (unpaired) electrons. The van der Waals surface area contributed by atoms with Crippen LogP contribution in [0.15, 0.2) is 42.9 Å². The summed E-state index contributed by atoms with van der Waals surface area (Å²) in [5.41, 5.74) is 1.46. The molecular formula is C15H18N2O3. The molecule has 1 aromatic carbocycles. The number of imidazole rings is 1. The van der Waals surface area contributed by atoms with Crippen LogP contribution < -0.4 is 0 Å². The van der Waals surface area contributed by atoms with Gasteiger partial charge >= 0.3 is 5.97 Å². The number of aromatic nitrogens is 2. The fraction of sp³-hybridized carbons (Fsp3) is 0.333. The lowest BCUT2D eigenvalue weighted by Crippen LogP contribution is -2.21. The standard InChI is InChI=1S/C15H18N2O3/c1-11(9-18)20-15(19)14-8-16-10-17(14)12(2)13-6-4-3-5-7-13/h3-8,10-12,18H,9H2,1-2H3. The lowest BCUT2D eigenvalue weighted by Gasteiger charge is -2.17. The van der Waals surface area contributed by atoms with Crippen molar-refractivity contribution in [1.29, 1.82) is 0 Å². The zero-order valence-corrected chi connectivity index (χ0v) is 11.6. The van der Waals surface area contributed by atoms with E-state index in [2.05, 4.69) is 4.98 Å². The summed E-state index contributed by atoms with van der Waals surface area (Å²) >= 11 is 0. The third-order valence-corrected chi connectivity index (χ3v) is 3.14. The molecule has 106 valence electrons. The molecule has 0 saturated heterocycles. The number of aliphatic hydroxyl groups is 1. The van der Waals surface area contributed by atoms with Crippen molar-refractivity contribution in [3.05, 3.63) is 54.1 Å². The number of hydrogen-bond donors (Lipinski definition) is 1. The van der Waals surface area contributed by atoms with E-state index in [0.29, 0.717) is 5.69 Å². The van der Waals surface area contributed by atoms with Gasteiger partial charge in [0.25, 0.3) is 0 Å². The van der Waals surface area contributed by atoms with Crippen LogP contribution in [0.25, 0.3) is 0 Å². The Morgan fingerprint density at radius 3 is 2.70 bits per heavy atom. The Morgan fingerprint density at radius 1 is 1.35 bits per heavy atom. The van der Waals surface area contributed by atoms with Crippen molar-refractivity contribution < 1.29 is 14.6 Å². The molecule has 0 bridgehead atoms. The molecule has 1 heterocycles. The van der Waals surface area contributed by atoms with Crippen molar-refractivity contribution in [2.24, 2.45) is 0 Å². The molecule has 0 aliphatic rings. The highest BCUT2D eigenvalue weighted by Crippen LogP contribution is 2.19. The molecule has 20 heavy (non-hydrogen) atoms. The molecule has 2 aromatic rings. The fourth-order valence-electron chi connectivity index (χ4n) is 1.94. The number of benzene rings is 1. The van der Waals surface area contributed by atoms with E-state index >= 15 is 0 Å². The van der Waals surface area contributed by atoms with Gasteiger partial charge in [0.05, 0.1) is 25.2 Å². The van der Waals surface area contributed by atoms with Gasteiger partial charge in [-0.1, -0.05) is 30.3 Å². The van der Waals surface area contributed by atoms with Crippen LogP contribution in [0.1, 0.15) is 35.9 Å². The predicted molar refractivity (Wildman–Crippen MR) is 74.4 cm³/mol. The fourth-order valence-corrected chi connectivity index (χ4v) is 1.94. The number of nitrogens with zero attached hydrogens (tertiary/aromatic N) is 2. The summed E-state index contributed by atoms with van der Waals surface area (Å²) in [6.45, 7) is 3.43. The van der Waals surface area contributed by atoms with E-state index in [4.69, 9.17) is 9.84 Å². The first-order chi connectivity index (χ1) is 9.63. The minimum atomic E-state index is -0.530. The molecule has 0 amide bonds. The summed E-state index contributed by atoms with van der Waals surface area (Å²) in [6.07, 6.45) is 2.56. The smallest absolute Gasteiger partial charge is 0.356 e. The van der Waals surface area contributed by atoms with Crippen LogP contribution in [-0.4, -0.2) is 33.3 Å². The van der Waals surface area contributed by atoms with Gasteiger partial charge in [0.15, 0.2) is 0 Å². The van der Waals surface area contributed by atoms with Gasteiger partial charge in [-0.05, 0) is 19.4 Å². The third kappa shape index (κ3) is 3.05. The largest absolute Gasteiger partial charge is 0.456 e. The van der Waals surface area contributed by atoms with Crippen LogP contribution in [0, 0.1) is 0 Å². The quantitative estimate of drug-likeness (QED) is 0.847. The average molecular weight is 274 g/mol. The SMILES string of the molecule is CC(CO)OC(=O)c1cncn1C(C)c1ccccc1. The molecule has 0 aliphatic heterocycles. The minimum absolute atomic E-state index is 0.0225. The van der Waals surface area contributed by atoms with Crippen LogP contribution in [0.4, 0.5) is 0 Å².